The second-order valence-electron chi connectivity index (χ2n) is 6.76. The molecule has 1 N–H and O–H groups in total. The van der Waals surface area contributed by atoms with Gasteiger partial charge in [0.25, 0.3) is 0 Å². The van der Waals surface area contributed by atoms with E-state index in [1.54, 1.807) is 0 Å². The molecule has 0 spiro atoms. The lowest BCUT2D eigenvalue weighted by atomic mass is 9.71. The first-order valence-electron chi connectivity index (χ1n) is 8.44. The van der Waals surface area contributed by atoms with E-state index in [0.717, 1.165) is 52.1 Å². The molecule has 3 aliphatic rings. The summed E-state index contributed by atoms with van der Waals surface area (Å²) in [5.41, 5.74) is -0.359. The molecular weight excluding hydrogens is 254 g/mol. The first kappa shape index (κ1) is 14.8. The van der Waals surface area contributed by atoms with Crippen LogP contribution in [-0.2, 0) is 9.47 Å². The van der Waals surface area contributed by atoms with Crippen LogP contribution in [0.4, 0.5) is 0 Å². The predicted octanol–water partition coefficient (Wildman–Crippen LogP) is 2.16. The molecule has 20 heavy (non-hydrogen) atoms. The average molecular weight is 283 g/mol. The number of fused-ring (bicyclic) bond motifs is 1. The Balaban J connectivity index is 1.38. The molecule has 3 fully saturated rings. The number of hydrogen-bond acceptors (Lipinski definition) is 4. The van der Waals surface area contributed by atoms with Crippen molar-refractivity contribution < 1.29 is 14.6 Å². The molecular formula is C16H29NO3. The normalized spacial score (nSPS) is 39.5. The van der Waals surface area contributed by atoms with Gasteiger partial charge in [-0.05, 0) is 38.5 Å². The fourth-order valence-electron chi connectivity index (χ4n) is 4.00. The minimum Gasteiger partial charge on any atom is -0.390 e. The van der Waals surface area contributed by atoms with Crippen molar-refractivity contribution in [1.82, 2.24) is 4.90 Å². The van der Waals surface area contributed by atoms with Crippen LogP contribution in [0, 0.1) is 5.92 Å². The summed E-state index contributed by atoms with van der Waals surface area (Å²) in [5, 5.41) is 10.7. The maximum atomic E-state index is 10.7. The van der Waals surface area contributed by atoms with Gasteiger partial charge in [-0.25, -0.2) is 0 Å². The zero-order valence-corrected chi connectivity index (χ0v) is 12.6. The molecule has 0 aromatic rings. The van der Waals surface area contributed by atoms with Gasteiger partial charge in [0.05, 0.1) is 12.2 Å². The summed E-state index contributed by atoms with van der Waals surface area (Å²) < 4.78 is 11.4. The average Bonchev–Trinajstić information content (AvgIpc) is 2.48. The molecule has 3 atom stereocenters. The highest BCUT2D eigenvalue weighted by molar-refractivity contribution is 4.95. The third kappa shape index (κ3) is 3.53. The number of nitrogens with zero attached hydrogens (tertiary/aromatic N) is 1. The number of piperidine rings is 1. The van der Waals surface area contributed by atoms with E-state index in [1.807, 2.05) is 0 Å². The van der Waals surface area contributed by atoms with Crippen LogP contribution in [0.15, 0.2) is 0 Å². The van der Waals surface area contributed by atoms with Crippen molar-refractivity contribution in [3.8, 4) is 0 Å². The van der Waals surface area contributed by atoms with Crippen molar-refractivity contribution in [1.29, 1.82) is 0 Å². The summed E-state index contributed by atoms with van der Waals surface area (Å²) in [5.74, 6) is 0.482. The smallest absolute Gasteiger partial charge is 0.157 e. The van der Waals surface area contributed by atoms with Crippen LogP contribution < -0.4 is 0 Å². The highest BCUT2D eigenvalue weighted by atomic mass is 16.7. The van der Waals surface area contributed by atoms with E-state index in [-0.39, 0.29) is 11.9 Å². The van der Waals surface area contributed by atoms with Gasteiger partial charge in [-0.1, -0.05) is 12.8 Å². The van der Waals surface area contributed by atoms with E-state index in [1.165, 1.54) is 32.1 Å². The van der Waals surface area contributed by atoms with Gasteiger partial charge in [-0.15, -0.1) is 0 Å². The molecule has 2 aliphatic heterocycles. The number of hydrogen-bond donors (Lipinski definition) is 1. The minimum absolute atomic E-state index is 0.0279. The van der Waals surface area contributed by atoms with E-state index in [9.17, 15) is 5.11 Å². The highest BCUT2D eigenvalue weighted by Gasteiger charge is 2.42. The highest BCUT2D eigenvalue weighted by Crippen LogP contribution is 2.39. The topological polar surface area (TPSA) is 41.9 Å². The molecule has 0 radical (unpaired) electrons. The van der Waals surface area contributed by atoms with Gasteiger partial charge >= 0.3 is 0 Å². The van der Waals surface area contributed by atoms with Gasteiger partial charge < -0.3 is 19.5 Å². The van der Waals surface area contributed by atoms with E-state index in [2.05, 4.69) is 4.90 Å². The van der Waals surface area contributed by atoms with Crippen molar-refractivity contribution in [3.05, 3.63) is 0 Å². The molecule has 4 nitrogen and oxygen atoms in total. The SMILES string of the molecule is OC12CCCCC1CN(CCOC1CCCCO1)CC2. The fraction of sp³-hybridized carbons (Fsp3) is 1.00. The first-order chi connectivity index (χ1) is 9.76. The molecule has 2 heterocycles. The molecule has 3 rings (SSSR count). The number of likely N-dealkylation sites (tertiary alicyclic amines) is 1. The summed E-state index contributed by atoms with van der Waals surface area (Å²) in [6.07, 6.45) is 9.11. The zero-order chi connectivity index (χ0) is 13.8. The fourth-order valence-corrected chi connectivity index (χ4v) is 4.00. The van der Waals surface area contributed by atoms with Crippen molar-refractivity contribution in [2.75, 3.05) is 32.8 Å². The lowest BCUT2D eigenvalue weighted by Gasteiger charge is -2.47. The Kier molecular flexibility index (Phi) is 4.97. The number of aliphatic hydroxyl groups is 1. The van der Waals surface area contributed by atoms with Gasteiger partial charge in [-0.2, -0.15) is 0 Å². The summed E-state index contributed by atoms with van der Waals surface area (Å²) in [6, 6.07) is 0. The number of rotatable bonds is 4. The van der Waals surface area contributed by atoms with E-state index in [4.69, 9.17) is 9.47 Å². The number of ether oxygens (including phenoxy) is 2. The van der Waals surface area contributed by atoms with Gasteiger partial charge in [0.1, 0.15) is 0 Å². The second-order valence-corrected chi connectivity index (χ2v) is 6.76. The molecule has 116 valence electrons. The standard InChI is InChI=1S/C16H29NO3/c18-16-7-3-1-5-14(16)13-17(9-8-16)10-12-20-15-6-2-4-11-19-15/h14-15,18H,1-13H2. The molecule has 4 heteroatoms. The maximum Gasteiger partial charge on any atom is 0.157 e. The van der Waals surface area contributed by atoms with Crippen molar-refractivity contribution >= 4 is 0 Å². The minimum atomic E-state index is -0.359. The molecule has 0 aromatic heterocycles. The Hall–Kier alpha value is -0.160. The van der Waals surface area contributed by atoms with Gasteiger partial charge in [-0.3, -0.25) is 0 Å². The lowest BCUT2D eigenvalue weighted by Crippen LogP contribution is -2.53. The molecule has 1 saturated carbocycles. The van der Waals surface area contributed by atoms with Crippen molar-refractivity contribution in [3.63, 3.8) is 0 Å². The molecule has 2 saturated heterocycles. The Morgan fingerprint density at radius 2 is 2.05 bits per heavy atom. The Morgan fingerprint density at radius 1 is 1.15 bits per heavy atom. The largest absolute Gasteiger partial charge is 0.390 e. The second kappa shape index (κ2) is 6.73. The molecule has 1 aliphatic carbocycles. The van der Waals surface area contributed by atoms with E-state index < -0.39 is 0 Å². The first-order valence-corrected chi connectivity index (χ1v) is 8.44. The van der Waals surface area contributed by atoms with Crippen molar-refractivity contribution in [2.45, 2.75) is 63.3 Å². The van der Waals surface area contributed by atoms with Crippen LogP contribution in [0.2, 0.25) is 0 Å². The summed E-state index contributed by atoms with van der Waals surface area (Å²) in [7, 11) is 0. The molecule has 0 aromatic carbocycles. The third-order valence-corrected chi connectivity index (χ3v) is 5.36. The van der Waals surface area contributed by atoms with Crippen LogP contribution in [0.5, 0.6) is 0 Å². The molecule has 0 amide bonds. The van der Waals surface area contributed by atoms with Crippen LogP contribution in [0.1, 0.15) is 51.4 Å². The maximum absolute atomic E-state index is 10.7. The van der Waals surface area contributed by atoms with Crippen molar-refractivity contribution in [2.24, 2.45) is 5.92 Å². The van der Waals surface area contributed by atoms with Crippen LogP contribution in [0.3, 0.4) is 0 Å². The monoisotopic (exact) mass is 283 g/mol. The molecule has 0 bridgehead atoms. The third-order valence-electron chi connectivity index (χ3n) is 5.36. The van der Waals surface area contributed by atoms with Gasteiger partial charge in [0.15, 0.2) is 6.29 Å². The summed E-state index contributed by atoms with van der Waals surface area (Å²) in [6.45, 7) is 4.65. The van der Waals surface area contributed by atoms with Crippen LogP contribution in [-0.4, -0.2) is 54.7 Å². The summed E-state index contributed by atoms with van der Waals surface area (Å²) >= 11 is 0. The van der Waals surface area contributed by atoms with E-state index in [0.29, 0.717) is 5.92 Å². The lowest BCUT2D eigenvalue weighted by molar-refractivity contribution is -0.167. The summed E-state index contributed by atoms with van der Waals surface area (Å²) in [4.78, 5) is 2.47. The Morgan fingerprint density at radius 3 is 2.90 bits per heavy atom. The Bertz CT molecular complexity index is 306. The van der Waals surface area contributed by atoms with Crippen LogP contribution >= 0.6 is 0 Å². The Labute approximate surface area is 122 Å². The van der Waals surface area contributed by atoms with Crippen LogP contribution in [0.25, 0.3) is 0 Å². The van der Waals surface area contributed by atoms with E-state index >= 15 is 0 Å². The quantitative estimate of drug-likeness (QED) is 0.858. The van der Waals surface area contributed by atoms with Gasteiger partial charge in [0, 0.05) is 32.2 Å². The predicted molar refractivity (Wildman–Crippen MR) is 77.5 cm³/mol. The molecule has 3 unspecified atom stereocenters. The van der Waals surface area contributed by atoms with Gasteiger partial charge in [0.2, 0.25) is 0 Å². The zero-order valence-electron chi connectivity index (χ0n) is 12.6.